The lowest BCUT2D eigenvalue weighted by molar-refractivity contribution is 0.0783. The Morgan fingerprint density at radius 2 is 1.75 bits per heavy atom. The predicted octanol–water partition coefficient (Wildman–Crippen LogP) is 4.58. The summed E-state index contributed by atoms with van der Waals surface area (Å²) in [4.78, 5) is 29.5. The molecule has 2 amide bonds. The van der Waals surface area contributed by atoms with Crippen molar-refractivity contribution in [3.63, 3.8) is 0 Å². The van der Waals surface area contributed by atoms with Crippen LogP contribution in [0.2, 0.25) is 0 Å². The molecule has 0 bridgehead atoms. The summed E-state index contributed by atoms with van der Waals surface area (Å²) < 4.78 is 3.79. The normalized spacial score (nSPS) is 11.5. The molecule has 0 aliphatic carbocycles. The molecule has 0 radical (unpaired) electrons. The van der Waals surface area contributed by atoms with E-state index in [2.05, 4.69) is 31.4 Å². The lowest BCUT2D eigenvalue weighted by Crippen LogP contribution is -2.34. The van der Waals surface area contributed by atoms with Gasteiger partial charge in [-0.25, -0.2) is 4.79 Å². The Balaban J connectivity index is 2.33. The number of aromatic nitrogens is 2. The van der Waals surface area contributed by atoms with E-state index >= 15 is 0 Å². The highest BCUT2D eigenvalue weighted by atomic mass is 16.2. The Bertz CT molecular complexity index is 1030. The van der Waals surface area contributed by atoms with Gasteiger partial charge in [0.05, 0.1) is 16.6 Å². The van der Waals surface area contributed by atoms with E-state index in [4.69, 9.17) is 0 Å². The van der Waals surface area contributed by atoms with E-state index in [-0.39, 0.29) is 18.0 Å². The average Bonchev–Trinajstić information content (AvgIpc) is 3.19. The summed E-state index contributed by atoms with van der Waals surface area (Å²) in [5, 5.41) is 0.983. The highest BCUT2D eigenvalue weighted by Gasteiger charge is 2.28. The van der Waals surface area contributed by atoms with Gasteiger partial charge in [-0.1, -0.05) is 31.5 Å². The molecule has 0 fully saturated rings. The van der Waals surface area contributed by atoms with Crippen LogP contribution in [-0.4, -0.2) is 58.6 Å². The van der Waals surface area contributed by atoms with Gasteiger partial charge in [0.25, 0.3) is 5.91 Å². The molecular formula is C22H30N4O2. The molecule has 28 heavy (non-hydrogen) atoms. The van der Waals surface area contributed by atoms with Crippen LogP contribution in [0.4, 0.5) is 4.79 Å². The van der Waals surface area contributed by atoms with Crippen LogP contribution >= 0.6 is 0 Å². The zero-order valence-electron chi connectivity index (χ0n) is 17.7. The first-order valence-electron chi connectivity index (χ1n) is 9.91. The van der Waals surface area contributed by atoms with Gasteiger partial charge in [0, 0.05) is 39.1 Å². The zero-order chi connectivity index (χ0) is 20.6. The first kappa shape index (κ1) is 20.0. The molecule has 150 valence electrons. The summed E-state index contributed by atoms with van der Waals surface area (Å²) in [6.07, 6.45) is 1.95. The molecule has 3 rings (SSSR count). The topological polar surface area (TPSA) is 50.5 Å². The molecule has 2 heterocycles. The molecule has 0 aliphatic rings. The van der Waals surface area contributed by atoms with Gasteiger partial charge in [-0.2, -0.15) is 0 Å². The summed E-state index contributed by atoms with van der Waals surface area (Å²) in [7, 11) is 5.23. The molecule has 0 atom stereocenters. The first-order chi connectivity index (χ1) is 13.3. The van der Waals surface area contributed by atoms with Crippen LogP contribution in [0.3, 0.4) is 0 Å². The van der Waals surface area contributed by atoms with Gasteiger partial charge in [0.15, 0.2) is 0 Å². The number of benzene rings is 1. The molecular weight excluding hydrogens is 352 g/mol. The van der Waals surface area contributed by atoms with Crippen molar-refractivity contribution < 1.29 is 9.59 Å². The molecule has 0 unspecified atom stereocenters. The van der Waals surface area contributed by atoms with Gasteiger partial charge in [-0.15, -0.1) is 0 Å². The Hall–Kier alpha value is -2.76. The highest BCUT2D eigenvalue weighted by Crippen LogP contribution is 2.34. The monoisotopic (exact) mass is 382 g/mol. The third kappa shape index (κ3) is 3.17. The molecule has 0 N–H and O–H groups in total. The largest absolute Gasteiger partial charge is 0.340 e. The fraction of sp³-hybridized carbons (Fsp3) is 0.455. The first-order valence-corrected chi connectivity index (χ1v) is 9.91. The molecule has 0 spiro atoms. The quantitative estimate of drug-likeness (QED) is 0.649. The molecule has 0 saturated heterocycles. The van der Waals surface area contributed by atoms with E-state index in [0.29, 0.717) is 12.2 Å². The van der Waals surface area contributed by atoms with Crippen molar-refractivity contribution in [2.24, 2.45) is 0 Å². The molecule has 0 saturated carbocycles. The maximum atomic E-state index is 13.2. The molecule has 2 aromatic heterocycles. The van der Waals surface area contributed by atoms with Crippen molar-refractivity contribution in [3.8, 4) is 0 Å². The number of carbonyl (C=O) groups excluding carboxylic acids is 2. The van der Waals surface area contributed by atoms with Crippen LogP contribution in [0.5, 0.6) is 0 Å². The van der Waals surface area contributed by atoms with E-state index in [0.717, 1.165) is 34.8 Å². The number of nitrogens with zero attached hydrogens (tertiary/aromatic N) is 4. The Labute approximate surface area is 166 Å². The van der Waals surface area contributed by atoms with Crippen molar-refractivity contribution in [3.05, 3.63) is 36.0 Å². The van der Waals surface area contributed by atoms with E-state index in [1.807, 2.05) is 24.3 Å². The third-order valence-electron chi connectivity index (χ3n) is 5.16. The van der Waals surface area contributed by atoms with E-state index < -0.39 is 0 Å². The Kier molecular flexibility index (Phi) is 5.49. The number of carbonyl (C=O) groups is 2. The third-order valence-corrected chi connectivity index (χ3v) is 5.16. The van der Waals surface area contributed by atoms with Crippen LogP contribution in [-0.2, 0) is 0 Å². The fourth-order valence-corrected chi connectivity index (χ4v) is 3.76. The van der Waals surface area contributed by atoms with E-state index in [9.17, 15) is 9.59 Å². The number of rotatable bonds is 5. The summed E-state index contributed by atoms with van der Waals surface area (Å²) in [6.45, 7) is 7.01. The second-order valence-corrected chi connectivity index (χ2v) is 7.84. The second-order valence-electron chi connectivity index (χ2n) is 7.84. The standard InChI is InChI=1S/C22H30N4O2/c1-7-8-13-24(6)21(27)19-14-18-20(26(19)22(28)23(4)5)16-11-9-10-12-17(16)25(18)15(2)3/h9-12,14-15H,7-8,13H2,1-6H3. The van der Waals surface area contributed by atoms with Crippen LogP contribution in [0.1, 0.15) is 50.1 Å². The number of amides is 2. The van der Waals surface area contributed by atoms with Crippen molar-refractivity contribution in [2.45, 2.75) is 39.7 Å². The number of hydrogen-bond donors (Lipinski definition) is 0. The van der Waals surface area contributed by atoms with Crippen molar-refractivity contribution in [1.82, 2.24) is 18.9 Å². The lowest BCUT2D eigenvalue weighted by Gasteiger charge is -2.19. The van der Waals surface area contributed by atoms with Gasteiger partial charge in [-0.3, -0.25) is 9.36 Å². The molecule has 6 heteroatoms. The minimum absolute atomic E-state index is 0.126. The Morgan fingerprint density at radius 1 is 1.07 bits per heavy atom. The molecule has 6 nitrogen and oxygen atoms in total. The van der Waals surface area contributed by atoms with Crippen molar-refractivity contribution in [1.29, 1.82) is 0 Å². The number of fused-ring (bicyclic) bond motifs is 3. The van der Waals surface area contributed by atoms with Crippen LogP contribution in [0.15, 0.2) is 30.3 Å². The smallest absolute Gasteiger partial charge is 0.328 e. The Morgan fingerprint density at radius 3 is 2.36 bits per heavy atom. The number of para-hydroxylation sites is 1. The minimum Gasteiger partial charge on any atom is -0.340 e. The molecule has 3 aromatic rings. The molecule has 0 aliphatic heterocycles. The predicted molar refractivity (Wildman–Crippen MR) is 114 cm³/mol. The van der Waals surface area contributed by atoms with Crippen LogP contribution in [0, 0.1) is 0 Å². The summed E-state index contributed by atoms with van der Waals surface area (Å²) in [6, 6.07) is 9.92. The van der Waals surface area contributed by atoms with Gasteiger partial charge < -0.3 is 14.4 Å². The van der Waals surface area contributed by atoms with Crippen molar-refractivity contribution >= 4 is 33.9 Å². The fourth-order valence-electron chi connectivity index (χ4n) is 3.76. The van der Waals surface area contributed by atoms with E-state index in [1.165, 1.54) is 4.90 Å². The average molecular weight is 383 g/mol. The van der Waals surface area contributed by atoms with Crippen LogP contribution in [0.25, 0.3) is 21.9 Å². The van der Waals surface area contributed by atoms with Gasteiger partial charge in [0.1, 0.15) is 5.69 Å². The molecule has 1 aromatic carbocycles. The van der Waals surface area contributed by atoms with Gasteiger partial charge in [-0.05, 0) is 32.4 Å². The van der Waals surface area contributed by atoms with Crippen LogP contribution < -0.4 is 0 Å². The summed E-state index contributed by atoms with van der Waals surface area (Å²) in [5.74, 6) is -0.126. The maximum Gasteiger partial charge on any atom is 0.328 e. The maximum absolute atomic E-state index is 13.2. The summed E-state index contributed by atoms with van der Waals surface area (Å²) >= 11 is 0. The minimum atomic E-state index is -0.214. The van der Waals surface area contributed by atoms with E-state index in [1.54, 1.807) is 30.6 Å². The SMILES string of the molecule is CCCCN(C)C(=O)c1cc2c(c3ccccc3n2C(C)C)n1C(=O)N(C)C. The second kappa shape index (κ2) is 7.70. The lowest BCUT2D eigenvalue weighted by atomic mass is 10.2. The van der Waals surface area contributed by atoms with Crippen molar-refractivity contribution in [2.75, 3.05) is 27.7 Å². The van der Waals surface area contributed by atoms with Gasteiger partial charge in [0.2, 0.25) is 0 Å². The zero-order valence-corrected chi connectivity index (χ0v) is 17.7. The van der Waals surface area contributed by atoms with Gasteiger partial charge >= 0.3 is 6.03 Å². The number of unbranched alkanes of at least 4 members (excludes halogenated alkanes) is 1. The number of hydrogen-bond acceptors (Lipinski definition) is 2. The highest BCUT2D eigenvalue weighted by molar-refractivity contribution is 6.14. The summed E-state index contributed by atoms with van der Waals surface area (Å²) in [5.41, 5.74) is 3.21.